The van der Waals surface area contributed by atoms with Gasteiger partial charge in [0.25, 0.3) is 0 Å². The molecule has 0 saturated carbocycles. The number of furan rings is 1. The Bertz CT molecular complexity index is 383. The summed E-state index contributed by atoms with van der Waals surface area (Å²) in [4.78, 5) is 12.9. The number of carboxylic acids is 1. The van der Waals surface area contributed by atoms with Crippen LogP contribution in [-0.4, -0.2) is 42.2 Å². The SMILES string of the molecule is CN(Cc1cc(C(=O)O)co1)C1CCNCC1. The molecule has 1 saturated heterocycles. The molecule has 0 spiro atoms. The van der Waals surface area contributed by atoms with Gasteiger partial charge in [-0.2, -0.15) is 0 Å². The van der Waals surface area contributed by atoms with Crippen molar-refractivity contribution >= 4 is 5.97 Å². The molecule has 1 aromatic heterocycles. The average Bonchev–Trinajstić information content (AvgIpc) is 2.79. The summed E-state index contributed by atoms with van der Waals surface area (Å²) in [5, 5.41) is 12.1. The van der Waals surface area contributed by atoms with Crippen molar-refractivity contribution in [3.8, 4) is 0 Å². The molecule has 1 aliphatic heterocycles. The Labute approximate surface area is 100 Å². The maximum atomic E-state index is 10.7. The number of carboxylic acid groups (broad SMARTS) is 1. The second-order valence-electron chi connectivity index (χ2n) is 4.50. The molecular formula is C12H18N2O3. The summed E-state index contributed by atoms with van der Waals surface area (Å²) < 4.78 is 5.25. The molecule has 5 heteroatoms. The molecule has 17 heavy (non-hydrogen) atoms. The fraction of sp³-hybridized carbons (Fsp3) is 0.583. The largest absolute Gasteiger partial charge is 0.478 e. The van der Waals surface area contributed by atoms with Gasteiger partial charge in [-0.05, 0) is 39.0 Å². The first-order valence-electron chi connectivity index (χ1n) is 5.88. The third-order valence-corrected chi connectivity index (χ3v) is 3.24. The predicted molar refractivity (Wildman–Crippen MR) is 63.0 cm³/mol. The van der Waals surface area contributed by atoms with E-state index in [0.717, 1.165) is 25.9 Å². The van der Waals surface area contributed by atoms with E-state index in [1.54, 1.807) is 6.07 Å². The van der Waals surface area contributed by atoms with Gasteiger partial charge in [-0.15, -0.1) is 0 Å². The van der Waals surface area contributed by atoms with Gasteiger partial charge in [0, 0.05) is 6.04 Å². The van der Waals surface area contributed by atoms with Crippen LogP contribution in [0, 0.1) is 0 Å². The predicted octanol–water partition coefficient (Wildman–Crippen LogP) is 1.16. The van der Waals surface area contributed by atoms with Crippen LogP contribution in [0.5, 0.6) is 0 Å². The van der Waals surface area contributed by atoms with Crippen molar-refractivity contribution in [2.75, 3.05) is 20.1 Å². The lowest BCUT2D eigenvalue weighted by Crippen LogP contribution is -2.40. The maximum Gasteiger partial charge on any atom is 0.338 e. The third kappa shape index (κ3) is 3.08. The van der Waals surface area contributed by atoms with E-state index in [-0.39, 0.29) is 5.56 Å². The lowest BCUT2D eigenvalue weighted by atomic mass is 10.1. The van der Waals surface area contributed by atoms with Gasteiger partial charge in [0.1, 0.15) is 12.0 Å². The quantitative estimate of drug-likeness (QED) is 0.824. The molecule has 0 aromatic carbocycles. The summed E-state index contributed by atoms with van der Waals surface area (Å²) in [6.07, 6.45) is 3.56. The number of nitrogens with zero attached hydrogens (tertiary/aromatic N) is 1. The van der Waals surface area contributed by atoms with E-state index in [2.05, 4.69) is 17.3 Å². The summed E-state index contributed by atoms with van der Waals surface area (Å²) >= 11 is 0. The molecule has 0 amide bonds. The molecule has 0 bridgehead atoms. The Morgan fingerprint density at radius 1 is 1.59 bits per heavy atom. The van der Waals surface area contributed by atoms with Crippen LogP contribution in [0.4, 0.5) is 0 Å². The Hall–Kier alpha value is -1.33. The Balaban J connectivity index is 1.92. The number of piperidine rings is 1. The third-order valence-electron chi connectivity index (χ3n) is 3.24. The lowest BCUT2D eigenvalue weighted by Gasteiger charge is -2.30. The fourth-order valence-electron chi connectivity index (χ4n) is 2.20. The van der Waals surface area contributed by atoms with Crippen LogP contribution in [0.1, 0.15) is 29.0 Å². The maximum absolute atomic E-state index is 10.7. The minimum atomic E-state index is -0.940. The number of aromatic carboxylic acids is 1. The topological polar surface area (TPSA) is 65.7 Å². The van der Waals surface area contributed by atoms with E-state index < -0.39 is 5.97 Å². The molecule has 0 aliphatic carbocycles. The summed E-state index contributed by atoms with van der Waals surface area (Å²) in [6.45, 7) is 2.76. The van der Waals surface area contributed by atoms with Crippen LogP contribution in [0.15, 0.2) is 16.7 Å². The van der Waals surface area contributed by atoms with Crippen molar-refractivity contribution in [3.63, 3.8) is 0 Å². The van der Waals surface area contributed by atoms with E-state index in [9.17, 15) is 4.79 Å². The second-order valence-corrected chi connectivity index (χ2v) is 4.50. The number of carbonyl (C=O) groups is 1. The first-order valence-corrected chi connectivity index (χ1v) is 5.88. The van der Waals surface area contributed by atoms with Crippen molar-refractivity contribution in [2.45, 2.75) is 25.4 Å². The second kappa shape index (κ2) is 5.33. The molecule has 2 heterocycles. The van der Waals surface area contributed by atoms with E-state index >= 15 is 0 Å². The molecule has 94 valence electrons. The van der Waals surface area contributed by atoms with E-state index in [4.69, 9.17) is 9.52 Å². The Kier molecular flexibility index (Phi) is 3.81. The Morgan fingerprint density at radius 3 is 2.88 bits per heavy atom. The zero-order chi connectivity index (χ0) is 12.3. The molecule has 1 aromatic rings. The summed E-state index contributed by atoms with van der Waals surface area (Å²) in [6, 6.07) is 2.15. The normalized spacial score (nSPS) is 17.5. The fourth-order valence-corrected chi connectivity index (χ4v) is 2.20. The minimum Gasteiger partial charge on any atom is -0.478 e. The summed E-state index contributed by atoms with van der Waals surface area (Å²) in [5.74, 6) is -0.229. The highest BCUT2D eigenvalue weighted by molar-refractivity contribution is 5.87. The van der Waals surface area contributed by atoms with E-state index in [0.29, 0.717) is 18.3 Å². The van der Waals surface area contributed by atoms with Crippen LogP contribution in [0.25, 0.3) is 0 Å². The standard InChI is InChI=1S/C12H18N2O3/c1-14(10-2-4-13-5-3-10)7-11-6-9(8-17-11)12(15)16/h6,8,10,13H,2-5,7H2,1H3,(H,15,16). The number of rotatable bonds is 4. The summed E-state index contributed by atoms with van der Waals surface area (Å²) in [5.41, 5.74) is 0.221. The van der Waals surface area contributed by atoms with Crippen molar-refractivity contribution in [1.82, 2.24) is 10.2 Å². The van der Waals surface area contributed by atoms with Gasteiger partial charge in [0.15, 0.2) is 0 Å². The average molecular weight is 238 g/mol. The first kappa shape index (κ1) is 12.1. The number of nitrogens with one attached hydrogen (secondary N) is 1. The smallest absolute Gasteiger partial charge is 0.338 e. The van der Waals surface area contributed by atoms with Gasteiger partial charge in [-0.1, -0.05) is 0 Å². The lowest BCUT2D eigenvalue weighted by molar-refractivity contribution is 0.0696. The van der Waals surface area contributed by atoms with Gasteiger partial charge in [0.05, 0.1) is 12.1 Å². The molecule has 0 radical (unpaired) electrons. The van der Waals surface area contributed by atoms with Crippen molar-refractivity contribution in [2.24, 2.45) is 0 Å². The molecule has 0 unspecified atom stereocenters. The number of hydrogen-bond donors (Lipinski definition) is 2. The highest BCUT2D eigenvalue weighted by Crippen LogP contribution is 2.15. The number of hydrogen-bond acceptors (Lipinski definition) is 4. The van der Waals surface area contributed by atoms with Gasteiger partial charge >= 0.3 is 5.97 Å². The zero-order valence-electron chi connectivity index (χ0n) is 9.98. The van der Waals surface area contributed by atoms with Crippen molar-refractivity contribution in [1.29, 1.82) is 0 Å². The molecule has 0 atom stereocenters. The first-order chi connectivity index (χ1) is 8.16. The van der Waals surface area contributed by atoms with Crippen molar-refractivity contribution in [3.05, 3.63) is 23.7 Å². The molecular weight excluding hydrogens is 220 g/mol. The summed E-state index contributed by atoms with van der Waals surface area (Å²) in [7, 11) is 2.05. The van der Waals surface area contributed by atoms with Crippen LogP contribution >= 0.6 is 0 Å². The zero-order valence-corrected chi connectivity index (χ0v) is 9.98. The van der Waals surface area contributed by atoms with Gasteiger partial charge in [-0.3, -0.25) is 4.90 Å². The van der Waals surface area contributed by atoms with E-state index in [1.165, 1.54) is 6.26 Å². The van der Waals surface area contributed by atoms with Crippen LogP contribution in [0.3, 0.4) is 0 Å². The van der Waals surface area contributed by atoms with Crippen molar-refractivity contribution < 1.29 is 14.3 Å². The molecule has 2 rings (SSSR count). The van der Waals surface area contributed by atoms with Gasteiger partial charge < -0.3 is 14.8 Å². The monoisotopic (exact) mass is 238 g/mol. The molecule has 2 N–H and O–H groups in total. The van der Waals surface area contributed by atoms with Crippen LogP contribution < -0.4 is 5.32 Å². The molecule has 1 fully saturated rings. The highest BCUT2D eigenvalue weighted by atomic mass is 16.4. The highest BCUT2D eigenvalue weighted by Gasteiger charge is 2.19. The van der Waals surface area contributed by atoms with E-state index in [1.807, 2.05) is 0 Å². The minimum absolute atomic E-state index is 0.221. The Morgan fingerprint density at radius 2 is 2.29 bits per heavy atom. The van der Waals surface area contributed by atoms with Crippen LogP contribution in [-0.2, 0) is 6.54 Å². The molecule has 5 nitrogen and oxygen atoms in total. The van der Waals surface area contributed by atoms with Crippen LogP contribution in [0.2, 0.25) is 0 Å². The van der Waals surface area contributed by atoms with Gasteiger partial charge in [-0.25, -0.2) is 4.79 Å². The van der Waals surface area contributed by atoms with Gasteiger partial charge in [0.2, 0.25) is 0 Å². The molecule has 1 aliphatic rings.